The molecule has 14 heavy (non-hydrogen) atoms. The Morgan fingerprint density at radius 3 is 1.93 bits per heavy atom. The Bertz CT molecular complexity index is 109. The molecule has 0 aromatic carbocycles. The first-order valence-electron chi connectivity index (χ1n) is 6.02. The van der Waals surface area contributed by atoms with Crippen LogP contribution in [0.5, 0.6) is 0 Å². The molecule has 1 atom stereocenters. The van der Waals surface area contributed by atoms with Crippen LogP contribution in [0.15, 0.2) is 0 Å². The van der Waals surface area contributed by atoms with Gasteiger partial charge in [-0.25, -0.2) is 0 Å². The van der Waals surface area contributed by atoms with Gasteiger partial charge in [-0.15, -0.1) is 0 Å². The molecule has 0 heterocycles. The third-order valence-electron chi connectivity index (χ3n) is 2.49. The van der Waals surface area contributed by atoms with Gasteiger partial charge in [0.2, 0.25) is 0 Å². The van der Waals surface area contributed by atoms with Crippen molar-refractivity contribution in [2.45, 2.75) is 46.5 Å². The molecular formula is C12H26BrN. The van der Waals surface area contributed by atoms with Crippen molar-refractivity contribution in [3.63, 3.8) is 0 Å². The molecule has 0 radical (unpaired) electrons. The van der Waals surface area contributed by atoms with Crippen LogP contribution in [-0.2, 0) is 0 Å². The van der Waals surface area contributed by atoms with Crippen LogP contribution in [0.25, 0.3) is 0 Å². The number of unbranched alkanes of at least 4 members (excludes halogenated alkanes) is 2. The number of hydrogen-bond acceptors (Lipinski definition) is 1. The second kappa shape index (κ2) is 9.97. The second-order valence-electron chi connectivity index (χ2n) is 4.27. The van der Waals surface area contributed by atoms with E-state index in [1.54, 1.807) is 0 Å². The van der Waals surface area contributed by atoms with Gasteiger partial charge in [0.1, 0.15) is 0 Å². The lowest BCUT2D eigenvalue weighted by molar-refractivity contribution is 0.239. The maximum Gasteiger partial charge on any atom is 0.00692 e. The number of hydrogen-bond donors (Lipinski definition) is 0. The minimum absolute atomic E-state index is 0.781. The highest BCUT2D eigenvalue weighted by Crippen LogP contribution is 2.06. The van der Waals surface area contributed by atoms with Gasteiger partial charge in [-0.05, 0) is 31.8 Å². The largest absolute Gasteiger partial charge is 0.303 e. The number of rotatable bonds is 9. The summed E-state index contributed by atoms with van der Waals surface area (Å²) in [4.78, 5) is 2.62. The van der Waals surface area contributed by atoms with Gasteiger partial charge in [-0.1, -0.05) is 49.5 Å². The molecule has 0 aliphatic carbocycles. The normalized spacial score (nSPS) is 13.5. The summed E-state index contributed by atoms with van der Waals surface area (Å²) < 4.78 is 0. The van der Waals surface area contributed by atoms with Gasteiger partial charge in [0.25, 0.3) is 0 Å². The van der Waals surface area contributed by atoms with E-state index >= 15 is 0 Å². The molecule has 0 aromatic rings. The fraction of sp³-hybridized carbons (Fsp3) is 1.00. The number of alkyl halides is 1. The monoisotopic (exact) mass is 263 g/mol. The average Bonchev–Trinajstić information content (AvgIpc) is 2.21. The Labute approximate surface area is 98.4 Å². The fourth-order valence-corrected chi connectivity index (χ4v) is 1.75. The van der Waals surface area contributed by atoms with Gasteiger partial charge in [-0.2, -0.15) is 0 Å². The SMILES string of the molecule is CCCCN(CCCC)CC(C)CBr. The standard InChI is InChI=1S/C12H26BrN/c1-4-6-8-14(9-7-5-2)11-12(3)10-13/h12H,4-11H2,1-3H3. The Hall–Kier alpha value is 0.440. The van der Waals surface area contributed by atoms with Crippen LogP contribution < -0.4 is 0 Å². The zero-order valence-electron chi connectivity index (χ0n) is 10.1. The van der Waals surface area contributed by atoms with Crippen molar-refractivity contribution in [2.24, 2.45) is 5.92 Å². The molecule has 0 fully saturated rings. The maximum atomic E-state index is 3.55. The van der Waals surface area contributed by atoms with Gasteiger partial charge < -0.3 is 4.90 Å². The molecule has 2 heteroatoms. The van der Waals surface area contributed by atoms with Gasteiger partial charge in [0.15, 0.2) is 0 Å². The molecule has 1 unspecified atom stereocenters. The first-order chi connectivity index (χ1) is 6.74. The van der Waals surface area contributed by atoms with Crippen LogP contribution in [0.3, 0.4) is 0 Å². The van der Waals surface area contributed by atoms with Crippen molar-refractivity contribution in [2.75, 3.05) is 25.0 Å². The summed E-state index contributed by atoms with van der Waals surface area (Å²) >= 11 is 3.55. The lowest BCUT2D eigenvalue weighted by Gasteiger charge is -2.24. The topological polar surface area (TPSA) is 3.24 Å². The number of nitrogens with zero attached hydrogens (tertiary/aromatic N) is 1. The van der Waals surface area contributed by atoms with E-state index in [1.165, 1.54) is 45.3 Å². The predicted octanol–water partition coefficient (Wildman–Crippen LogP) is 3.92. The molecule has 0 aliphatic heterocycles. The van der Waals surface area contributed by atoms with Gasteiger partial charge in [0, 0.05) is 11.9 Å². The quantitative estimate of drug-likeness (QED) is 0.570. The van der Waals surface area contributed by atoms with Crippen molar-refractivity contribution in [1.82, 2.24) is 4.90 Å². The summed E-state index contributed by atoms with van der Waals surface area (Å²) in [5.74, 6) is 0.781. The van der Waals surface area contributed by atoms with E-state index in [2.05, 4.69) is 41.6 Å². The molecule has 0 aromatic heterocycles. The third-order valence-corrected chi connectivity index (χ3v) is 3.59. The summed E-state index contributed by atoms with van der Waals surface area (Å²) in [5, 5.41) is 1.13. The molecule has 0 amide bonds. The van der Waals surface area contributed by atoms with E-state index in [0.29, 0.717) is 0 Å². The summed E-state index contributed by atoms with van der Waals surface area (Å²) in [7, 11) is 0. The minimum atomic E-state index is 0.781. The maximum absolute atomic E-state index is 3.55. The zero-order valence-corrected chi connectivity index (χ0v) is 11.6. The summed E-state index contributed by atoms with van der Waals surface area (Å²) in [5.41, 5.74) is 0. The molecule has 0 N–H and O–H groups in total. The third kappa shape index (κ3) is 7.81. The Morgan fingerprint density at radius 1 is 1.07 bits per heavy atom. The molecule has 0 bridgehead atoms. The van der Waals surface area contributed by atoms with Crippen LogP contribution >= 0.6 is 15.9 Å². The van der Waals surface area contributed by atoms with Gasteiger partial charge in [0.05, 0.1) is 0 Å². The van der Waals surface area contributed by atoms with E-state index in [-0.39, 0.29) is 0 Å². The first-order valence-corrected chi connectivity index (χ1v) is 7.15. The van der Waals surface area contributed by atoms with Crippen LogP contribution in [0.4, 0.5) is 0 Å². The van der Waals surface area contributed by atoms with Crippen LogP contribution in [-0.4, -0.2) is 29.9 Å². The second-order valence-corrected chi connectivity index (χ2v) is 4.91. The van der Waals surface area contributed by atoms with E-state index in [1.807, 2.05) is 0 Å². The molecule has 0 rings (SSSR count). The van der Waals surface area contributed by atoms with E-state index < -0.39 is 0 Å². The number of halogens is 1. The molecule has 0 spiro atoms. The lowest BCUT2D eigenvalue weighted by Crippen LogP contribution is -2.31. The van der Waals surface area contributed by atoms with E-state index in [0.717, 1.165) is 11.2 Å². The minimum Gasteiger partial charge on any atom is -0.303 e. The molecular weight excluding hydrogens is 238 g/mol. The van der Waals surface area contributed by atoms with Crippen molar-refractivity contribution in [3.05, 3.63) is 0 Å². The highest BCUT2D eigenvalue weighted by atomic mass is 79.9. The van der Waals surface area contributed by atoms with Crippen LogP contribution in [0, 0.1) is 5.92 Å². The summed E-state index contributed by atoms with van der Waals surface area (Å²) in [6.45, 7) is 10.7. The molecule has 1 nitrogen and oxygen atoms in total. The lowest BCUT2D eigenvalue weighted by atomic mass is 10.2. The van der Waals surface area contributed by atoms with Crippen molar-refractivity contribution in [3.8, 4) is 0 Å². The van der Waals surface area contributed by atoms with Gasteiger partial charge >= 0.3 is 0 Å². The first kappa shape index (κ1) is 14.4. The smallest absolute Gasteiger partial charge is 0.00692 e. The van der Waals surface area contributed by atoms with Gasteiger partial charge in [-0.3, -0.25) is 0 Å². The highest BCUT2D eigenvalue weighted by molar-refractivity contribution is 9.09. The van der Waals surface area contributed by atoms with Crippen LogP contribution in [0.2, 0.25) is 0 Å². The Morgan fingerprint density at radius 2 is 1.57 bits per heavy atom. The van der Waals surface area contributed by atoms with Crippen molar-refractivity contribution < 1.29 is 0 Å². The molecule has 86 valence electrons. The van der Waals surface area contributed by atoms with Crippen molar-refractivity contribution in [1.29, 1.82) is 0 Å². The summed E-state index contributed by atoms with van der Waals surface area (Å²) in [6, 6.07) is 0. The predicted molar refractivity (Wildman–Crippen MR) is 69.2 cm³/mol. The molecule has 0 saturated carbocycles. The van der Waals surface area contributed by atoms with Crippen LogP contribution in [0.1, 0.15) is 46.5 Å². The highest BCUT2D eigenvalue weighted by Gasteiger charge is 2.07. The van der Waals surface area contributed by atoms with Crippen molar-refractivity contribution >= 4 is 15.9 Å². The van der Waals surface area contributed by atoms with E-state index in [9.17, 15) is 0 Å². The Kier molecular flexibility index (Phi) is 10.3. The Balaban J connectivity index is 3.71. The van der Waals surface area contributed by atoms with E-state index in [4.69, 9.17) is 0 Å². The molecule has 0 saturated heterocycles. The average molecular weight is 264 g/mol. The molecule has 0 aliphatic rings. The zero-order chi connectivity index (χ0) is 10.8. The fourth-order valence-electron chi connectivity index (χ4n) is 1.55. The summed E-state index contributed by atoms with van der Waals surface area (Å²) in [6.07, 6.45) is 5.31.